The van der Waals surface area contributed by atoms with Crippen LogP contribution in [-0.4, -0.2) is 27.8 Å². The highest BCUT2D eigenvalue weighted by molar-refractivity contribution is 6.30. The highest BCUT2D eigenvalue weighted by Crippen LogP contribution is 2.23. The molecule has 7 heteroatoms. The fraction of sp³-hybridized carbons (Fsp3) is 0.333. The van der Waals surface area contributed by atoms with Gasteiger partial charge in [-0.1, -0.05) is 17.7 Å². The molecular formula is C15H15ClFN3O2. The van der Waals surface area contributed by atoms with Gasteiger partial charge >= 0.3 is 0 Å². The first-order valence-corrected chi connectivity index (χ1v) is 7.41. The number of aliphatic hydroxyl groups excluding tert-OH is 1. The Bertz CT molecular complexity index is 717. The summed E-state index contributed by atoms with van der Waals surface area (Å²) in [6.07, 6.45) is 1.74. The summed E-state index contributed by atoms with van der Waals surface area (Å²) in [6, 6.07) is 4.05. The standard InChI is InChI=1S/C15H15ClFN3O2/c16-10-5-4-8(6-11(10)17)13(21)7-18-15(22)14-9-2-1-3-12(9)19-20-14/h4-6,13,21H,1-3,7H2,(H,18,22)(H,19,20). The van der Waals surface area contributed by atoms with Crippen molar-refractivity contribution in [3.63, 3.8) is 0 Å². The zero-order valence-corrected chi connectivity index (χ0v) is 12.5. The van der Waals surface area contributed by atoms with Crippen molar-refractivity contribution in [1.82, 2.24) is 15.5 Å². The average Bonchev–Trinajstić information content (AvgIpc) is 3.10. The van der Waals surface area contributed by atoms with Crippen molar-refractivity contribution in [2.24, 2.45) is 0 Å². The van der Waals surface area contributed by atoms with Crippen LogP contribution >= 0.6 is 11.6 Å². The first-order chi connectivity index (χ1) is 10.6. The van der Waals surface area contributed by atoms with Crippen LogP contribution < -0.4 is 5.32 Å². The van der Waals surface area contributed by atoms with Crippen LogP contribution in [0.15, 0.2) is 18.2 Å². The Hall–Kier alpha value is -1.92. The topological polar surface area (TPSA) is 78.0 Å². The molecule has 1 atom stereocenters. The number of benzene rings is 1. The van der Waals surface area contributed by atoms with Gasteiger partial charge in [-0.3, -0.25) is 9.89 Å². The molecule has 2 aromatic rings. The third kappa shape index (κ3) is 2.84. The smallest absolute Gasteiger partial charge is 0.272 e. The Labute approximate surface area is 131 Å². The highest BCUT2D eigenvalue weighted by atomic mass is 35.5. The van der Waals surface area contributed by atoms with E-state index in [4.69, 9.17) is 11.6 Å². The maximum absolute atomic E-state index is 13.4. The molecular weight excluding hydrogens is 309 g/mol. The van der Waals surface area contributed by atoms with Crippen LogP contribution in [0.5, 0.6) is 0 Å². The maximum Gasteiger partial charge on any atom is 0.272 e. The minimum absolute atomic E-state index is 0.00734. The molecule has 1 heterocycles. The number of nitrogens with one attached hydrogen (secondary N) is 2. The first kappa shape index (κ1) is 15.0. The fourth-order valence-corrected chi connectivity index (χ4v) is 2.74. The van der Waals surface area contributed by atoms with Gasteiger partial charge in [-0.25, -0.2) is 4.39 Å². The van der Waals surface area contributed by atoms with Crippen molar-refractivity contribution >= 4 is 17.5 Å². The predicted octanol–water partition coefficient (Wildman–Crippen LogP) is 2.15. The normalized spacial score (nSPS) is 14.7. The summed E-state index contributed by atoms with van der Waals surface area (Å²) in [7, 11) is 0. The molecule has 1 amide bonds. The minimum atomic E-state index is -1.01. The van der Waals surface area contributed by atoms with Gasteiger partial charge in [-0.2, -0.15) is 5.10 Å². The van der Waals surface area contributed by atoms with Gasteiger partial charge in [0.25, 0.3) is 5.91 Å². The Kier molecular flexibility index (Phi) is 4.13. The largest absolute Gasteiger partial charge is 0.387 e. The molecule has 0 bridgehead atoms. The maximum atomic E-state index is 13.4. The number of fused-ring (bicyclic) bond motifs is 1. The molecule has 0 radical (unpaired) electrons. The molecule has 1 aliphatic carbocycles. The molecule has 1 aromatic heterocycles. The molecule has 0 saturated heterocycles. The van der Waals surface area contributed by atoms with E-state index in [-0.39, 0.29) is 17.5 Å². The van der Waals surface area contributed by atoms with Crippen molar-refractivity contribution in [1.29, 1.82) is 0 Å². The van der Waals surface area contributed by atoms with E-state index in [1.165, 1.54) is 12.1 Å². The zero-order valence-electron chi connectivity index (χ0n) is 11.7. The Morgan fingerprint density at radius 2 is 2.32 bits per heavy atom. The molecule has 116 valence electrons. The van der Waals surface area contributed by atoms with E-state index in [0.29, 0.717) is 11.3 Å². The number of hydrogen-bond acceptors (Lipinski definition) is 3. The van der Waals surface area contributed by atoms with Crippen LogP contribution in [-0.2, 0) is 12.8 Å². The van der Waals surface area contributed by atoms with E-state index in [1.54, 1.807) is 0 Å². The summed E-state index contributed by atoms with van der Waals surface area (Å²) in [5.74, 6) is -0.942. The summed E-state index contributed by atoms with van der Waals surface area (Å²) in [5.41, 5.74) is 2.69. The molecule has 0 aliphatic heterocycles. The van der Waals surface area contributed by atoms with Crippen molar-refractivity contribution in [2.75, 3.05) is 6.54 Å². The third-order valence-electron chi connectivity index (χ3n) is 3.81. The number of aromatic nitrogens is 2. The van der Waals surface area contributed by atoms with Gasteiger partial charge in [0.1, 0.15) is 5.82 Å². The van der Waals surface area contributed by atoms with Gasteiger partial charge in [-0.05, 0) is 37.0 Å². The number of aromatic amines is 1. The van der Waals surface area contributed by atoms with Gasteiger partial charge in [0.2, 0.25) is 0 Å². The fourth-order valence-electron chi connectivity index (χ4n) is 2.62. The molecule has 0 saturated carbocycles. The lowest BCUT2D eigenvalue weighted by atomic mass is 10.1. The number of nitrogens with zero attached hydrogens (tertiary/aromatic N) is 1. The number of aryl methyl sites for hydroxylation is 1. The van der Waals surface area contributed by atoms with Crippen LogP contribution in [0, 0.1) is 5.82 Å². The van der Waals surface area contributed by atoms with Crippen LogP contribution in [0.25, 0.3) is 0 Å². The van der Waals surface area contributed by atoms with Gasteiger partial charge in [0.15, 0.2) is 5.69 Å². The number of rotatable bonds is 4. The van der Waals surface area contributed by atoms with E-state index in [2.05, 4.69) is 15.5 Å². The Balaban J connectivity index is 1.64. The second kappa shape index (κ2) is 6.06. The van der Waals surface area contributed by atoms with E-state index < -0.39 is 11.9 Å². The summed E-state index contributed by atoms with van der Waals surface area (Å²) >= 11 is 5.60. The van der Waals surface area contributed by atoms with Gasteiger partial charge < -0.3 is 10.4 Å². The van der Waals surface area contributed by atoms with E-state index in [0.717, 1.165) is 36.6 Å². The number of hydrogen-bond donors (Lipinski definition) is 3. The molecule has 3 N–H and O–H groups in total. The van der Waals surface area contributed by atoms with Crippen LogP contribution in [0.2, 0.25) is 5.02 Å². The van der Waals surface area contributed by atoms with Crippen LogP contribution in [0.3, 0.4) is 0 Å². The van der Waals surface area contributed by atoms with Crippen molar-refractivity contribution in [2.45, 2.75) is 25.4 Å². The SMILES string of the molecule is O=C(NCC(O)c1ccc(Cl)c(F)c1)c1n[nH]c2c1CCC2. The minimum Gasteiger partial charge on any atom is -0.387 e. The molecule has 1 unspecified atom stereocenters. The number of aliphatic hydroxyl groups is 1. The quantitative estimate of drug-likeness (QED) is 0.806. The lowest BCUT2D eigenvalue weighted by Crippen LogP contribution is -2.29. The molecule has 1 aromatic carbocycles. The second-order valence-corrected chi connectivity index (χ2v) is 5.69. The van der Waals surface area contributed by atoms with Gasteiger partial charge in [0, 0.05) is 17.8 Å². The lowest BCUT2D eigenvalue weighted by molar-refractivity contribution is 0.0910. The summed E-state index contributed by atoms with van der Waals surface area (Å²) in [6.45, 7) is -0.0263. The number of carbonyl (C=O) groups is 1. The molecule has 5 nitrogen and oxygen atoms in total. The zero-order chi connectivity index (χ0) is 15.7. The van der Waals surface area contributed by atoms with Gasteiger partial charge in [0.05, 0.1) is 11.1 Å². The number of amides is 1. The monoisotopic (exact) mass is 323 g/mol. The van der Waals surface area contributed by atoms with Crippen LogP contribution in [0.4, 0.5) is 4.39 Å². The number of H-pyrrole nitrogens is 1. The predicted molar refractivity (Wildman–Crippen MR) is 79.3 cm³/mol. The average molecular weight is 324 g/mol. The highest BCUT2D eigenvalue weighted by Gasteiger charge is 2.23. The molecule has 1 aliphatic rings. The van der Waals surface area contributed by atoms with E-state index >= 15 is 0 Å². The second-order valence-electron chi connectivity index (χ2n) is 5.28. The van der Waals surface area contributed by atoms with E-state index in [9.17, 15) is 14.3 Å². The summed E-state index contributed by atoms with van der Waals surface area (Å²) in [5, 5.41) is 19.5. The number of carbonyl (C=O) groups excluding carboxylic acids is 1. The van der Waals surface area contributed by atoms with Crippen LogP contribution in [0.1, 0.15) is 39.8 Å². The van der Waals surface area contributed by atoms with E-state index in [1.807, 2.05) is 0 Å². The first-order valence-electron chi connectivity index (χ1n) is 7.03. The Morgan fingerprint density at radius 1 is 1.50 bits per heavy atom. The summed E-state index contributed by atoms with van der Waals surface area (Å²) in [4.78, 5) is 12.1. The molecule has 22 heavy (non-hydrogen) atoms. The Morgan fingerprint density at radius 3 is 3.09 bits per heavy atom. The third-order valence-corrected chi connectivity index (χ3v) is 4.11. The number of halogens is 2. The van der Waals surface area contributed by atoms with Crippen molar-refractivity contribution < 1.29 is 14.3 Å². The van der Waals surface area contributed by atoms with Gasteiger partial charge in [-0.15, -0.1) is 0 Å². The summed E-state index contributed by atoms with van der Waals surface area (Å²) < 4.78 is 13.4. The molecule has 0 spiro atoms. The molecule has 3 rings (SSSR count). The van der Waals surface area contributed by atoms with Crippen molar-refractivity contribution in [3.05, 3.63) is 51.6 Å². The lowest BCUT2D eigenvalue weighted by Gasteiger charge is -2.12. The van der Waals surface area contributed by atoms with Crippen molar-refractivity contribution in [3.8, 4) is 0 Å². The molecule has 0 fully saturated rings.